The van der Waals surface area contributed by atoms with Crippen LogP contribution in [0, 0.1) is 5.92 Å². The lowest BCUT2D eigenvalue weighted by atomic mass is 9.98. The first-order chi connectivity index (χ1) is 12.5. The molecular weight excluding hydrogens is 354 g/mol. The van der Waals surface area contributed by atoms with Crippen LogP contribution in [0.1, 0.15) is 32.0 Å². The third-order valence-electron chi connectivity index (χ3n) is 5.04. The Morgan fingerprint density at radius 2 is 2.12 bits per heavy atom. The lowest BCUT2D eigenvalue weighted by molar-refractivity contribution is 0.280. The van der Waals surface area contributed by atoms with Gasteiger partial charge in [0.15, 0.2) is 5.96 Å². The molecule has 10 heteroatoms. The van der Waals surface area contributed by atoms with Crippen LogP contribution < -0.4 is 10.6 Å². The zero-order valence-electron chi connectivity index (χ0n) is 15.6. The summed E-state index contributed by atoms with van der Waals surface area (Å²) in [4.78, 5) is 9.00. The number of hydrogen-bond donors (Lipinski definition) is 2. The average molecular weight is 384 g/mol. The van der Waals surface area contributed by atoms with Crippen molar-refractivity contribution in [3.05, 3.63) is 12.2 Å². The van der Waals surface area contributed by atoms with Gasteiger partial charge in [0.25, 0.3) is 0 Å². The molecule has 1 unspecified atom stereocenters. The van der Waals surface area contributed by atoms with Crippen LogP contribution in [0.25, 0.3) is 0 Å². The minimum atomic E-state index is -3.07. The minimum absolute atomic E-state index is 0.286. The van der Waals surface area contributed by atoms with Crippen molar-refractivity contribution in [2.75, 3.05) is 32.4 Å². The van der Waals surface area contributed by atoms with Crippen LogP contribution >= 0.6 is 0 Å². The molecule has 0 spiro atoms. The molecule has 0 aliphatic carbocycles. The van der Waals surface area contributed by atoms with E-state index in [-0.39, 0.29) is 6.04 Å². The summed E-state index contributed by atoms with van der Waals surface area (Å²) in [5.74, 6) is 2.30. The maximum atomic E-state index is 11.6. The standard InChI is InChI=1S/C16H29N7O2S/c1-3-17-16(21-14-4-5-15-19-12-20-23(15)11-14)18-10-13-6-8-22(9-7-13)26(2,24)25/h12-14H,3-11H2,1-2H3,(H2,17,18,21). The molecule has 3 rings (SSSR count). The van der Waals surface area contributed by atoms with E-state index in [1.54, 1.807) is 10.6 Å². The van der Waals surface area contributed by atoms with E-state index in [1.807, 2.05) is 4.68 Å². The third-order valence-corrected chi connectivity index (χ3v) is 6.34. The molecule has 2 N–H and O–H groups in total. The van der Waals surface area contributed by atoms with Gasteiger partial charge in [0.05, 0.1) is 12.8 Å². The monoisotopic (exact) mass is 383 g/mol. The number of aromatic nitrogens is 3. The van der Waals surface area contributed by atoms with Gasteiger partial charge >= 0.3 is 0 Å². The summed E-state index contributed by atoms with van der Waals surface area (Å²) in [7, 11) is -3.07. The van der Waals surface area contributed by atoms with E-state index in [1.165, 1.54) is 6.26 Å². The first-order valence-corrected chi connectivity index (χ1v) is 11.2. The molecule has 9 nitrogen and oxygen atoms in total. The summed E-state index contributed by atoms with van der Waals surface area (Å²) in [6, 6.07) is 0.286. The van der Waals surface area contributed by atoms with E-state index < -0.39 is 10.0 Å². The maximum absolute atomic E-state index is 11.6. The summed E-state index contributed by atoms with van der Waals surface area (Å²) in [6.07, 6.45) is 6.55. The molecule has 0 amide bonds. The predicted octanol–water partition coefficient (Wildman–Crippen LogP) is -0.180. The van der Waals surface area contributed by atoms with Crippen LogP contribution in [0.15, 0.2) is 11.3 Å². The molecule has 1 fully saturated rings. The Bertz CT molecular complexity index is 723. The largest absolute Gasteiger partial charge is 0.357 e. The fourth-order valence-electron chi connectivity index (χ4n) is 3.51. The second kappa shape index (κ2) is 8.34. The molecule has 0 saturated carbocycles. The number of aliphatic imine (C=N–C) groups is 1. The van der Waals surface area contributed by atoms with Crippen LogP contribution in [0.2, 0.25) is 0 Å². The first-order valence-electron chi connectivity index (χ1n) is 9.32. The zero-order valence-corrected chi connectivity index (χ0v) is 16.4. The average Bonchev–Trinajstić information content (AvgIpc) is 3.07. The Kier molecular flexibility index (Phi) is 6.13. The number of piperidine rings is 1. The summed E-state index contributed by atoms with van der Waals surface area (Å²) >= 11 is 0. The quantitative estimate of drug-likeness (QED) is 0.540. The Hall–Kier alpha value is -1.68. The second-order valence-electron chi connectivity index (χ2n) is 7.06. The number of rotatable bonds is 5. The van der Waals surface area contributed by atoms with Crippen molar-refractivity contribution < 1.29 is 8.42 Å². The lowest BCUT2D eigenvalue weighted by Gasteiger charge is -2.30. The summed E-state index contributed by atoms with van der Waals surface area (Å²) in [5.41, 5.74) is 0. The van der Waals surface area contributed by atoms with Crippen molar-refractivity contribution >= 4 is 16.0 Å². The van der Waals surface area contributed by atoms with Gasteiger partial charge in [-0.05, 0) is 32.1 Å². The number of guanidine groups is 1. The molecule has 26 heavy (non-hydrogen) atoms. The molecule has 0 bridgehead atoms. The molecule has 1 saturated heterocycles. The van der Waals surface area contributed by atoms with E-state index in [0.717, 1.165) is 50.6 Å². The van der Waals surface area contributed by atoms with Crippen molar-refractivity contribution in [2.24, 2.45) is 10.9 Å². The normalized spacial score (nSPS) is 22.8. The van der Waals surface area contributed by atoms with Crippen LogP contribution in [-0.4, -0.2) is 71.9 Å². The van der Waals surface area contributed by atoms with Gasteiger partial charge in [0, 0.05) is 38.6 Å². The number of nitrogens with zero attached hydrogens (tertiary/aromatic N) is 5. The van der Waals surface area contributed by atoms with Gasteiger partial charge in [-0.2, -0.15) is 5.10 Å². The van der Waals surface area contributed by atoms with E-state index >= 15 is 0 Å². The predicted molar refractivity (Wildman–Crippen MR) is 100 cm³/mol. The number of hydrogen-bond acceptors (Lipinski definition) is 5. The van der Waals surface area contributed by atoms with E-state index in [4.69, 9.17) is 4.99 Å². The number of fused-ring (bicyclic) bond motifs is 1. The topological polar surface area (TPSA) is 105 Å². The highest BCUT2D eigenvalue weighted by atomic mass is 32.2. The smallest absolute Gasteiger partial charge is 0.211 e. The van der Waals surface area contributed by atoms with Gasteiger partial charge in [-0.25, -0.2) is 22.4 Å². The molecular formula is C16H29N7O2S. The summed E-state index contributed by atoms with van der Waals surface area (Å²) in [6.45, 7) is 5.57. The van der Waals surface area contributed by atoms with Crippen molar-refractivity contribution in [2.45, 2.75) is 45.2 Å². The van der Waals surface area contributed by atoms with Crippen LogP contribution in [-0.2, 0) is 23.0 Å². The molecule has 3 heterocycles. The van der Waals surface area contributed by atoms with Gasteiger partial charge < -0.3 is 10.6 Å². The van der Waals surface area contributed by atoms with Crippen LogP contribution in [0.4, 0.5) is 0 Å². The second-order valence-corrected chi connectivity index (χ2v) is 9.05. The molecule has 0 aromatic carbocycles. The Morgan fingerprint density at radius 3 is 2.81 bits per heavy atom. The van der Waals surface area contributed by atoms with Crippen molar-refractivity contribution in [3.8, 4) is 0 Å². The fourth-order valence-corrected chi connectivity index (χ4v) is 4.39. The zero-order chi connectivity index (χ0) is 18.6. The molecule has 1 atom stereocenters. The van der Waals surface area contributed by atoms with Gasteiger partial charge in [-0.1, -0.05) is 0 Å². The first kappa shape index (κ1) is 19.1. The molecule has 1 aromatic heterocycles. The Balaban J connectivity index is 1.52. The third kappa shape index (κ3) is 4.94. The summed E-state index contributed by atoms with van der Waals surface area (Å²) in [5, 5.41) is 11.1. The van der Waals surface area contributed by atoms with Gasteiger partial charge in [-0.15, -0.1) is 0 Å². The number of nitrogens with one attached hydrogen (secondary N) is 2. The van der Waals surface area contributed by atoms with Gasteiger partial charge in [0.1, 0.15) is 12.2 Å². The van der Waals surface area contributed by atoms with Gasteiger partial charge in [-0.3, -0.25) is 4.99 Å². The minimum Gasteiger partial charge on any atom is -0.357 e. The molecule has 2 aliphatic rings. The highest BCUT2D eigenvalue weighted by molar-refractivity contribution is 7.88. The Morgan fingerprint density at radius 1 is 1.35 bits per heavy atom. The summed E-state index contributed by atoms with van der Waals surface area (Å²) < 4.78 is 26.7. The van der Waals surface area contributed by atoms with E-state index in [9.17, 15) is 8.42 Å². The van der Waals surface area contributed by atoms with Crippen LogP contribution in [0.3, 0.4) is 0 Å². The van der Waals surface area contributed by atoms with E-state index in [2.05, 4.69) is 27.6 Å². The Labute approximate surface area is 155 Å². The van der Waals surface area contributed by atoms with E-state index in [0.29, 0.717) is 25.6 Å². The van der Waals surface area contributed by atoms with Crippen molar-refractivity contribution in [3.63, 3.8) is 0 Å². The molecule has 146 valence electrons. The van der Waals surface area contributed by atoms with Gasteiger partial charge in [0.2, 0.25) is 10.0 Å². The van der Waals surface area contributed by atoms with Crippen LogP contribution in [0.5, 0.6) is 0 Å². The molecule has 1 aromatic rings. The van der Waals surface area contributed by atoms with Crippen molar-refractivity contribution in [1.82, 2.24) is 29.7 Å². The fraction of sp³-hybridized carbons (Fsp3) is 0.812. The highest BCUT2D eigenvalue weighted by Gasteiger charge is 2.25. The molecule has 0 radical (unpaired) electrons. The lowest BCUT2D eigenvalue weighted by Crippen LogP contribution is -2.47. The highest BCUT2D eigenvalue weighted by Crippen LogP contribution is 2.19. The number of sulfonamides is 1. The SMILES string of the molecule is CCNC(=NCC1CCN(S(C)(=O)=O)CC1)NC1CCc2ncnn2C1. The maximum Gasteiger partial charge on any atom is 0.211 e. The number of aryl methyl sites for hydroxylation is 1. The molecule has 2 aliphatic heterocycles. The van der Waals surface area contributed by atoms with Crippen molar-refractivity contribution in [1.29, 1.82) is 0 Å².